The van der Waals surface area contributed by atoms with Crippen molar-refractivity contribution in [3.05, 3.63) is 22.4 Å². The van der Waals surface area contributed by atoms with Gasteiger partial charge in [0.2, 0.25) is 0 Å². The maximum absolute atomic E-state index is 5.33. The molecular weight excluding hydrogens is 320 g/mol. The van der Waals surface area contributed by atoms with E-state index in [9.17, 15) is 0 Å². The molecule has 0 saturated carbocycles. The second-order valence-electron chi connectivity index (χ2n) is 7.15. The van der Waals surface area contributed by atoms with Crippen LogP contribution in [0.4, 0.5) is 0 Å². The molecule has 1 aromatic rings. The van der Waals surface area contributed by atoms with E-state index in [4.69, 9.17) is 9.73 Å². The van der Waals surface area contributed by atoms with Crippen LogP contribution in [0.25, 0.3) is 0 Å². The predicted molar refractivity (Wildman–Crippen MR) is 101 cm³/mol. The third-order valence-electron chi connectivity index (χ3n) is 4.78. The van der Waals surface area contributed by atoms with Crippen LogP contribution in [-0.4, -0.2) is 56.8 Å². The van der Waals surface area contributed by atoms with Crippen molar-refractivity contribution < 1.29 is 4.74 Å². The summed E-state index contributed by atoms with van der Waals surface area (Å²) >= 11 is 1.85. The number of likely N-dealkylation sites (tertiary alicyclic amines) is 1. The summed E-state index contributed by atoms with van der Waals surface area (Å²) in [7, 11) is 0. The molecule has 0 bridgehead atoms. The summed E-state index contributed by atoms with van der Waals surface area (Å²) < 4.78 is 5.33. The standard InChI is InChI=1S/C18H30N4OS/c1-3-19-17(21-12-18(2)13-23-14-18)20-11-15(16-7-6-10-24-16)22-8-4-5-9-22/h6-7,10,15H,3-5,8-9,11-14H2,1-2H3,(H2,19,20,21). The Hall–Kier alpha value is -1.11. The fraction of sp³-hybridized carbons (Fsp3) is 0.722. The topological polar surface area (TPSA) is 48.9 Å². The van der Waals surface area contributed by atoms with Crippen molar-refractivity contribution in [1.29, 1.82) is 0 Å². The lowest BCUT2D eigenvalue weighted by atomic mass is 9.89. The predicted octanol–water partition coefficient (Wildman–Crippen LogP) is 2.48. The number of hydrogen-bond acceptors (Lipinski definition) is 4. The van der Waals surface area contributed by atoms with Gasteiger partial charge in [-0.15, -0.1) is 11.3 Å². The summed E-state index contributed by atoms with van der Waals surface area (Å²) in [5.74, 6) is 0.923. The molecule has 1 atom stereocenters. The Morgan fingerprint density at radius 2 is 2.17 bits per heavy atom. The summed E-state index contributed by atoms with van der Waals surface area (Å²) in [5.41, 5.74) is 0.213. The molecule has 24 heavy (non-hydrogen) atoms. The van der Waals surface area contributed by atoms with Crippen molar-refractivity contribution in [2.45, 2.75) is 32.7 Å². The highest BCUT2D eigenvalue weighted by atomic mass is 32.1. The molecule has 0 amide bonds. The Labute approximate surface area is 149 Å². The van der Waals surface area contributed by atoms with Crippen LogP contribution >= 0.6 is 11.3 Å². The molecule has 3 rings (SSSR count). The van der Waals surface area contributed by atoms with Crippen LogP contribution in [0.5, 0.6) is 0 Å². The third-order valence-corrected chi connectivity index (χ3v) is 5.75. The molecular formula is C18H30N4OS. The highest BCUT2D eigenvalue weighted by Crippen LogP contribution is 2.28. The molecule has 3 heterocycles. The van der Waals surface area contributed by atoms with Gasteiger partial charge in [0.15, 0.2) is 5.96 Å². The first-order chi connectivity index (χ1) is 11.7. The van der Waals surface area contributed by atoms with Crippen LogP contribution in [0, 0.1) is 5.41 Å². The van der Waals surface area contributed by atoms with Gasteiger partial charge >= 0.3 is 0 Å². The average Bonchev–Trinajstić information content (AvgIpc) is 3.25. The number of ether oxygens (including phenoxy) is 1. The van der Waals surface area contributed by atoms with Gasteiger partial charge in [0.05, 0.1) is 25.8 Å². The number of hydrogen-bond donors (Lipinski definition) is 2. The Balaban J connectivity index is 1.61. The minimum absolute atomic E-state index is 0.213. The third kappa shape index (κ3) is 4.49. The molecule has 0 radical (unpaired) electrons. The number of aliphatic imine (C=N–C) groups is 1. The number of guanidine groups is 1. The zero-order chi connectivity index (χ0) is 16.8. The summed E-state index contributed by atoms with van der Waals surface area (Å²) in [6.45, 7) is 11.0. The zero-order valence-electron chi connectivity index (χ0n) is 14.9. The Kier molecular flexibility index (Phi) is 6.14. The fourth-order valence-electron chi connectivity index (χ4n) is 3.29. The molecule has 0 aromatic carbocycles. The molecule has 2 saturated heterocycles. The molecule has 5 nitrogen and oxygen atoms in total. The number of nitrogens with one attached hydrogen (secondary N) is 2. The quantitative estimate of drug-likeness (QED) is 0.586. The van der Waals surface area contributed by atoms with Crippen LogP contribution in [0.2, 0.25) is 0 Å². The Bertz CT molecular complexity index is 521. The van der Waals surface area contributed by atoms with Gasteiger partial charge in [0.1, 0.15) is 0 Å². The van der Waals surface area contributed by atoms with Gasteiger partial charge in [-0.1, -0.05) is 13.0 Å². The molecule has 0 aliphatic carbocycles. The lowest BCUT2D eigenvalue weighted by Crippen LogP contribution is -2.45. The van der Waals surface area contributed by atoms with E-state index in [1.165, 1.54) is 30.8 Å². The SMILES string of the molecule is CCNC(=NCC1(C)COC1)NCC(c1cccs1)N1CCCC1. The van der Waals surface area contributed by atoms with Crippen molar-refractivity contribution in [3.63, 3.8) is 0 Å². The van der Waals surface area contributed by atoms with Crippen molar-refractivity contribution in [1.82, 2.24) is 15.5 Å². The van der Waals surface area contributed by atoms with Crippen molar-refractivity contribution in [2.75, 3.05) is 45.9 Å². The fourth-order valence-corrected chi connectivity index (χ4v) is 4.15. The second kappa shape index (κ2) is 8.32. The lowest BCUT2D eigenvalue weighted by molar-refractivity contribution is -0.0945. The van der Waals surface area contributed by atoms with E-state index in [2.05, 4.69) is 46.9 Å². The van der Waals surface area contributed by atoms with E-state index in [-0.39, 0.29) is 5.41 Å². The van der Waals surface area contributed by atoms with Crippen molar-refractivity contribution in [2.24, 2.45) is 10.4 Å². The van der Waals surface area contributed by atoms with Crippen molar-refractivity contribution in [3.8, 4) is 0 Å². The molecule has 2 aliphatic heterocycles. The summed E-state index contributed by atoms with van der Waals surface area (Å²) in [6.07, 6.45) is 2.63. The molecule has 1 aromatic heterocycles. The Morgan fingerprint density at radius 3 is 2.75 bits per heavy atom. The average molecular weight is 351 g/mol. The van der Waals surface area contributed by atoms with E-state index < -0.39 is 0 Å². The van der Waals surface area contributed by atoms with Gasteiger partial charge in [-0.25, -0.2) is 0 Å². The summed E-state index contributed by atoms with van der Waals surface area (Å²) in [6, 6.07) is 4.85. The van der Waals surface area contributed by atoms with Crippen LogP contribution in [0.15, 0.2) is 22.5 Å². The van der Waals surface area contributed by atoms with Gasteiger partial charge in [-0.05, 0) is 44.3 Å². The molecule has 2 N–H and O–H groups in total. The normalized spacial score (nSPS) is 22.2. The van der Waals surface area contributed by atoms with Gasteiger partial charge < -0.3 is 15.4 Å². The largest absolute Gasteiger partial charge is 0.380 e. The number of nitrogens with zero attached hydrogens (tertiary/aromatic N) is 2. The van der Waals surface area contributed by atoms with Crippen LogP contribution in [-0.2, 0) is 4.74 Å². The maximum atomic E-state index is 5.33. The molecule has 0 spiro atoms. The molecule has 134 valence electrons. The van der Waals surface area contributed by atoms with E-state index >= 15 is 0 Å². The lowest BCUT2D eigenvalue weighted by Gasteiger charge is -2.36. The Morgan fingerprint density at radius 1 is 1.38 bits per heavy atom. The molecule has 2 fully saturated rings. The highest BCUT2D eigenvalue weighted by Gasteiger charge is 2.33. The summed E-state index contributed by atoms with van der Waals surface area (Å²) in [4.78, 5) is 8.83. The first-order valence-electron chi connectivity index (χ1n) is 9.07. The smallest absolute Gasteiger partial charge is 0.191 e. The maximum Gasteiger partial charge on any atom is 0.191 e. The first kappa shape index (κ1) is 17.7. The minimum Gasteiger partial charge on any atom is -0.380 e. The molecule has 2 aliphatic rings. The number of thiophene rings is 1. The van der Waals surface area contributed by atoms with E-state index in [1.807, 2.05) is 11.3 Å². The zero-order valence-corrected chi connectivity index (χ0v) is 15.7. The monoisotopic (exact) mass is 350 g/mol. The highest BCUT2D eigenvalue weighted by molar-refractivity contribution is 7.10. The van der Waals surface area contributed by atoms with E-state index in [0.29, 0.717) is 6.04 Å². The van der Waals surface area contributed by atoms with Crippen LogP contribution < -0.4 is 10.6 Å². The summed E-state index contributed by atoms with van der Waals surface area (Å²) in [5, 5.41) is 9.12. The van der Waals surface area contributed by atoms with Gasteiger partial charge in [-0.2, -0.15) is 0 Å². The molecule has 6 heteroatoms. The minimum atomic E-state index is 0.213. The van der Waals surface area contributed by atoms with Gasteiger partial charge in [-0.3, -0.25) is 9.89 Å². The van der Waals surface area contributed by atoms with Crippen LogP contribution in [0.3, 0.4) is 0 Å². The number of rotatable bonds is 7. The first-order valence-corrected chi connectivity index (χ1v) is 9.95. The second-order valence-corrected chi connectivity index (χ2v) is 8.13. The van der Waals surface area contributed by atoms with E-state index in [1.54, 1.807) is 0 Å². The molecule has 1 unspecified atom stereocenters. The van der Waals surface area contributed by atoms with Crippen molar-refractivity contribution >= 4 is 17.3 Å². The van der Waals surface area contributed by atoms with Crippen LogP contribution in [0.1, 0.15) is 37.6 Å². The van der Waals surface area contributed by atoms with Gasteiger partial charge in [0, 0.05) is 23.4 Å². The van der Waals surface area contributed by atoms with Gasteiger partial charge in [0.25, 0.3) is 0 Å². The van der Waals surface area contributed by atoms with E-state index in [0.717, 1.165) is 38.8 Å².